The van der Waals surface area contributed by atoms with Crippen LogP contribution in [-0.4, -0.2) is 40.8 Å². The monoisotopic (exact) mass is 356 g/mol. The molecule has 2 heterocycles. The van der Waals surface area contributed by atoms with Crippen molar-refractivity contribution in [3.63, 3.8) is 0 Å². The molecule has 0 bridgehead atoms. The fourth-order valence-electron chi connectivity index (χ4n) is 2.88. The molecule has 7 nitrogen and oxygen atoms in total. The van der Waals surface area contributed by atoms with E-state index in [1.165, 1.54) is 0 Å². The fourth-order valence-corrected chi connectivity index (χ4v) is 2.88. The Morgan fingerprint density at radius 2 is 2.12 bits per heavy atom. The van der Waals surface area contributed by atoms with Crippen molar-refractivity contribution in [3.8, 4) is 0 Å². The van der Waals surface area contributed by atoms with Crippen molar-refractivity contribution in [2.24, 2.45) is 0 Å². The number of nitrogens with zero attached hydrogens (tertiary/aromatic N) is 2. The van der Waals surface area contributed by atoms with E-state index in [4.69, 9.17) is 9.15 Å². The lowest BCUT2D eigenvalue weighted by Gasteiger charge is -2.15. The summed E-state index contributed by atoms with van der Waals surface area (Å²) in [5, 5.41) is 12.2. The van der Waals surface area contributed by atoms with Gasteiger partial charge in [0.2, 0.25) is 17.7 Å². The summed E-state index contributed by atoms with van der Waals surface area (Å²) in [5.41, 5.74) is 2.19. The molecule has 1 aromatic carbocycles. The summed E-state index contributed by atoms with van der Waals surface area (Å²) in [6.07, 6.45) is 4.09. The van der Waals surface area contributed by atoms with Crippen LogP contribution in [0.2, 0.25) is 0 Å². The van der Waals surface area contributed by atoms with Crippen molar-refractivity contribution in [1.29, 1.82) is 0 Å². The van der Waals surface area contributed by atoms with Crippen molar-refractivity contribution in [3.05, 3.63) is 47.8 Å². The highest BCUT2D eigenvalue weighted by Gasteiger charge is 2.13. The third kappa shape index (κ3) is 4.49. The van der Waals surface area contributed by atoms with Crippen molar-refractivity contribution in [2.45, 2.75) is 38.6 Å². The average Bonchev–Trinajstić information content (AvgIpc) is 3.27. The number of carbonyl (C=O) groups excluding carboxylic acids is 1. The summed E-state index contributed by atoms with van der Waals surface area (Å²) in [5.74, 6) is 0.996. The van der Waals surface area contributed by atoms with E-state index in [0.29, 0.717) is 37.7 Å². The third-order valence-corrected chi connectivity index (χ3v) is 4.32. The molecule has 3 rings (SSSR count). The molecule has 1 amide bonds. The maximum Gasteiger partial charge on any atom is 0.221 e. The number of amides is 1. The maximum atomic E-state index is 12.0. The molecule has 26 heavy (non-hydrogen) atoms. The molecule has 138 valence electrons. The first-order valence-corrected chi connectivity index (χ1v) is 8.84. The molecule has 0 unspecified atom stereocenters. The number of H-pyrrole nitrogens is 1. The number of ether oxygens (including phenoxy) is 1. The van der Waals surface area contributed by atoms with E-state index in [9.17, 15) is 4.79 Å². The van der Waals surface area contributed by atoms with Gasteiger partial charge in [0.1, 0.15) is 0 Å². The highest BCUT2D eigenvalue weighted by Crippen LogP contribution is 2.20. The van der Waals surface area contributed by atoms with Gasteiger partial charge in [-0.25, -0.2) is 0 Å². The number of aromatic amines is 1. The van der Waals surface area contributed by atoms with Crippen LogP contribution < -0.4 is 5.32 Å². The molecular formula is C19H24N4O3. The van der Waals surface area contributed by atoms with Gasteiger partial charge in [-0.05, 0) is 18.1 Å². The van der Waals surface area contributed by atoms with Gasteiger partial charge in [0, 0.05) is 37.1 Å². The second kappa shape index (κ2) is 8.62. The van der Waals surface area contributed by atoms with Crippen molar-refractivity contribution in [1.82, 2.24) is 20.5 Å². The molecule has 2 N–H and O–H groups in total. The highest BCUT2D eigenvalue weighted by molar-refractivity contribution is 5.83. The summed E-state index contributed by atoms with van der Waals surface area (Å²) in [4.78, 5) is 15.2. The Kier molecular flexibility index (Phi) is 6.01. The third-order valence-electron chi connectivity index (χ3n) is 4.32. The lowest BCUT2D eigenvalue weighted by atomic mass is 10.1. The SMILES string of the molecule is CC[C@H](COC)NC(=O)CCc1nnc(Cc2c[nH]c3ccccc23)o1. The Balaban J connectivity index is 1.54. The molecule has 0 aliphatic heterocycles. The van der Waals surface area contributed by atoms with Crippen LogP contribution in [0.1, 0.15) is 37.1 Å². The number of hydrogen-bond acceptors (Lipinski definition) is 5. The van der Waals surface area contributed by atoms with E-state index < -0.39 is 0 Å². The van der Waals surface area contributed by atoms with Crippen LogP contribution in [0.15, 0.2) is 34.9 Å². The zero-order valence-electron chi connectivity index (χ0n) is 15.1. The van der Waals surface area contributed by atoms with Crippen molar-refractivity contribution >= 4 is 16.8 Å². The molecule has 0 saturated heterocycles. The summed E-state index contributed by atoms with van der Waals surface area (Å²) in [6, 6.07) is 8.13. The van der Waals surface area contributed by atoms with E-state index >= 15 is 0 Å². The maximum absolute atomic E-state index is 12.0. The molecule has 7 heteroatoms. The summed E-state index contributed by atoms with van der Waals surface area (Å²) >= 11 is 0. The lowest BCUT2D eigenvalue weighted by molar-refractivity contribution is -0.122. The average molecular weight is 356 g/mol. The van der Waals surface area contributed by atoms with Crippen molar-refractivity contribution < 1.29 is 13.9 Å². The van der Waals surface area contributed by atoms with Gasteiger partial charge in [0.25, 0.3) is 0 Å². The highest BCUT2D eigenvalue weighted by atomic mass is 16.5. The Bertz CT molecular complexity index is 855. The number of aryl methyl sites for hydroxylation is 1. The van der Waals surface area contributed by atoms with Gasteiger partial charge in [-0.2, -0.15) is 0 Å². The number of hydrogen-bond donors (Lipinski definition) is 2. The van der Waals surface area contributed by atoms with Gasteiger partial charge in [-0.3, -0.25) is 4.79 Å². The van der Waals surface area contributed by atoms with Gasteiger partial charge >= 0.3 is 0 Å². The van der Waals surface area contributed by atoms with Crippen LogP contribution in [0, 0.1) is 0 Å². The number of rotatable bonds is 9. The predicted molar refractivity (Wildman–Crippen MR) is 97.8 cm³/mol. The summed E-state index contributed by atoms with van der Waals surface area (Å²) in [7, 11) is 1.63. The van der Waals surface area contributed by atoms with Crippen LogP contribution in [0.4, 0.5) is 0 Å². The van der Waals surface area contributed by atoms with Gasteiger partial charge in [0.05, 0.1) is 19.1 Å². The number of fused-ring (bicyclic) bond motifs is 1. The summed E-state index contributed by atoms with van der Waals surface area (Å²) < 4.78 is 10.8. The van der Waals surface area contributed by atoms with E-state index in [2.05, 4.69) is 26.6 Å². The Morgan fingerprint density at radius 3 is 2.92 bits per heavy atom. The Morgan fingerprint density at radius 1 is 1.31 bits per heavy atom. The minimum Gasteiger partial charge on any atom is -0.425 e. The minimum absolute atomic E-state index is 0.0348. The molecule has 0 radical (unpaired) electrons. The van der Waals surface area contributed by atoms with Crippen LogP contribution in [0.25, 0.3) is 10.9 Å². The lowest BCUT2D eigenvalue weighted by Crippen LogP contribution is -2.37. The van der Waals surface area contributed by atoms with Gasteiger partial charge in [-0.15, -0.1) is 10.2 Å². The second-order valence-electron chi connectivity index (χ2n) is 6.25. The molecular weight excluding hydrogens is 332 g/mol. The van der Waals surface area contributed by atoms with Crippen LogP contribution in [0.5, 0.6) is 0 Å². The van der Waals surface area contributed by atoms with Crippen LogP contribution in [0.3, 0.4) is 0 Å². The van der Waals surface area contributed by atoms with Gasteiger partial charge < -0.3 is 19.5 Å². The number of aromatic nitrogens is 3. The molecule has 2 aromatic heterocycles. The van der Waals surface area contributed by atoms with Gasteiger partial charge in [0.15, 0.2) is 0 Å². The minimum atomic E-state index is -0.0368. The molecule has 0 aliphatic carbocycles. The molecule has 0 aliphatic rings. The van der Waals surface area contributed by atoms with E-state index in [-0.39, 0.29) is 11.9 Å². The Hall–Kier alpha value is -2.67. The second-order valence-corrected chi connectivity index (χ2v) is 6.25. The quantitative estimate of drug-likeness (QED) is 0.615. The molecule has 1 atom stereocenters. The standard InChI is InChI=1S/C19H24N4O3/c1-3-14(12-25-2)21-17(24)8-9-18-22-23-19(26-18)10-13-11-20-16-7-5-4-6-15(13)16/h4-7,11,14,20H,3,8-10,12H2,1-2H3,(H,21,24)/t14-/m1/s1. The first-order chi connectivity index (χ1) is 12.7. The van der Waals surface area contributed by atoms with Crippen LogP contribution in [-0.2, 0) is 22.4 Å². The molecule has 0 fully saturated rings. The molecule has 3 aromatic rings. The molecule has 0 saturated carbocycles. The number of nitrogens with one attached hydrogen (secondary N) is 2. The van der Waals surface area contributed by atoms with Crippen LogP contribution >= 0.6 is 0 Å². The van der Waals surface area contributed by atoms with Gasteiger partial charge in [-0.1, -0.05) is 25.1 Å². The Labute approximate surface area is 152 Å². The van der Waals surface area contributed by atoms with Crippen molar-refractivity contribution in [2.75, 3.05) is 13.7 Å². The zero-order chi connectivity index (χ0) is 18.4. The number of para-hydroxylation sites is 1. The first-order valence-electron chi connectivity index (χ1n) is 8.84. The smallest absolute Gasteiger partial charge is 0.221 e. The largest absolute Gasteiger partial charge is 0.425 e. The normalized spacial score (nSPS) is 12.4. The van der Waals surface area contributed by atoms with E-state index in [1.54, 1.807) is 7.11 Å². The topological polar surface area (TPSA) is 93.0 Å². The fraction of sp³-hybridized carbons (Fsp3) is 0.421. The van der Waals surface area contributed by atoms with E-state index in [1.807, 2.05) is 31.3 Å². The number of methoxy groups -OCH3 is 1. The summed E-state index contributed by atoms with van der Waals surface area (Å²) in [6.45, 7) is 2.52. The number of carbonyl (C=O) groups is 1. The zero-order valence-corrected chi connectivity index (χ0v) is 15.1. The van der Waals surface area contributed by atoms with E-state index in [0.717, 1.165) is 22.9 Å². The number of benzene rings is 1. The predicted octanol–water partition coefficient (Wildman–Crippen LogP) is 2.62. The molecule has 0 spiro atoms. The first kappa shape index (κ1) is 18.1.